The zero-order valence-corrected chi connectivity index (χ0v) is 11.7. The zero-order valence-electron chi connectivity index (χ0n) is 11.7. The summed E-state index contributed by atoms with van der Waals surface area (Å²) in [5.74, 6) is -0.198. The molecule has 0 radical (unpaired) electrons. The van der Waals surface area contributed by atoms with Crippen molar-refractivity contribution in [1.82, 2.24) is 10.0 Å². The smallest absolute Gasteiger partial charge is 0.307 e. The van der Waals surface area contributed by atoms with Crippen LogP contribution in [0.1, 0.15) is 41.0 Å². The number of hydrazine groups is 1. The van der Waals surface area contributed by atoms with Gasteiger partial charge in [-0.2, -0.15) is 0 Å². The van der Waals surface area contributed by atoms with Crippen LogP contribution in [0.15, 0.2) is 0 Å². The second kappa shape index (κ2) is 4.92. The summed E-state index contributed by atoms with van der Waals surface area (Å²) in [5.41, 5.74) is -0.333. The summed E-state index contributed by atoms with van der Waals surface area (Å²) in [6.45, 7) is 11.5. The van der Waals surface area contributed by atoms with Gasteiger partial charge < -0.3 is 9.47 Å². The third-order valence-corrected chi connectivity index (χ3v) is 3.00. The molecule has 0 unspecified atom stereocenters. The first-order valence-electron chi connectivity index (χ1n) is 5.88. The molecule has 5 nitrogen and oxygen atoms in total. The van der Waals surface area contributed by atoms with Crippen molar-refractivity contribution >= 4 is 5.97 Å². The fraction of sp³-hybridized carbons (Fsp3) is 0.917. The lowest BCUT2D eigenvalue weighted by molar-refractivity contribution is -0.152. The Kier molecular flexibility index (Phi) is 4.17. The normalized spacial score (nSPS) is 19.6. The van der Waals surface area contributed by atoms with Crippen LogP contribution in [0, 0.1) is 0 Å². The average molecular weight is 244 g/mol. The Balaban J connectivity index is 2.79. The molecule has 0 bridgehead atoms. The highest BCUT2D eigenvalue weighted by atomic mass is 16.5. The summed E-state index contributed by atoms with van der Waals surface area (Å²) in [7, 11) is 1.42. The summed E-state index contributed by atoms with van der Waals surface area (Å²) in [4.78, 5) is 11.4. The lowest BCUT2D eigenvalue weighted by Gasteiger charge is -2.44. The summed E-state index contributed by atoms with van der Waals surface area (Å²) in [6, 6.07) is 0. The van der Waals surface area contributed by atoms with E-state index in [1.165, 1.54) is 7.11 Å². The number of methoxy groups -OCH3 is 1. The van der Waals surface area contributed by atoms with Gasteiger partial charge in [0.1, 0.15) is 13.5 Å². The van der Waals surface area contributed by atoms with Crippen molar-refractivity contribution in [2.45, 2.75) is 52.1 Å². The van der Waals surface area contributed by atoms with E-state index >= 15 is 0 Å². The number of ether oxygens (including phenoxy) is 2. The Morgan fingerprint density at radius 2 is 1.71 bits per heavy atom. The van der Waals surface area contributed by atoms with E-state index in [1.807, 2.05) is 13.8 Å². The highest BCUT2D eigenvalue weighted by Gasteiger charge is 2.41. The Labute approximate surface area is 104 Å². The SMILES string of the molecule is COC(=O)CC(C)(C)N1COCN1C(C)(C)C. The van der Waals surface area contributed by atoms with Gasteiger partial charge in [-0.1, -0.05) is 0 Å². The van der Waals surface area contributed by atoms with Crippen molar-refractivity contribution in [2.24, 2.45) is 0 Å². The molecule has 17 heavy (non-hydrogen) atoms. The summed E-state index contributed by atoms with van der Waals surface area (Å²) in [6.07, 6.45) is 0.347. The lowest BCUT2D eigenvalue weighted by Crippen LogP contribution is -2.57. The van der Waals surface area contributed by atoms with Gasteiger partial charge in [-0.3, -0.25) is 4.79 Å². The predicted octanol–water partition coefficient (Wildman–Crippen LogP) is 1.59. The van der Waals surface area contributed by atoms with E-state index in [0.29, 0.717) is 19.9 Å². The molecule has 1 saturated heterocycles. The Morgan fingerprint density at radius 3 is 2.18 bits per heavy atom. The molecule has 0 aliphatic carbocycles. The standard InChI is InChI=1S/C12H24N2O3/c1-11(2,3)13-8-17-9-14(13)12(4,5)7-10(15)16-6/h7-9H2,1-6H3. The van der Waals surface area contributed by atoms with E-state index in [0.717, 1.165) is 0 Å². The molecule has 0 N–H and O–H groups in total. The minimum absolute atomic E-state index is 0.0239. The second-order valence-corrected chi connectivity index (χ2v) is 6.00. The van der Waals surface area contributed by atoms with Crippen LogP contribution in [0.3, 0.4) is 0 Å². The zero-order chi connectivity index (χ0) is 13.3. The van der Waals surface area contributed by atoms with Crippen molar-refractivity contribution < 1.29 is 14.3 Å². The van der Waals surface area contributed by atoms with Gasteiger partial charge in [0, 0.05) is 11.1 Å². The molecule has 0 amide bonds. The number of hydrogen-bond acceptors (Lipinski definition) is 5. The largest absolute Gasteiger partial charge is 0.469 e. The summed E-state index contributed by atoms with van der Waals surface area (Å²) in [5, 5.41) is 4.25. The van der Waals surface area contributed by atoms with E-state index in [-0.39, 0.29) is 17.0 Å². The van der Waals surface area contributed by atoms with Crippen molar-refractivity contribution in [3.8, 4) is 0 Å². The van der Waals surface area contributed by atoms with Crippen molar-refractivity contribution in [1.29, 1.82) is 0 Å². The summed E-state index contributed by atoms with van der Waals surface area (Å²) >= 11 is 0. The number of hydrogen-bond donors (Lipinski definition) is 0. The Bertz CT molecular complexity index is 284. The van der Waals surface area contributed by atoms with Crippen LogP contribution in [0.4, 0.5) is 0 Å². The average Bonchev–Trinajstić information content (AvgIpc) is 2.65. The molecule has 5 heteroatoms. The van der Waals surface area contributed by atoms with E-state index in [2.05, 4.69) is 30.8 Å². The first-order chi connectivity index (χ1) is 7.68. The van der Waals surface area contributed by atoms with Crippen LogP contribution >= 0.6 is 0 Å². The van der Waals surface area contributed by atoms with Crippen molar-refractivity contribution in [3.63, 3.8) is 0 Å². The van der Waals surface area contributed by atoms with Crippen LogP contribution in [-0.2, 0) is 14.3 Å². The summed E-state index contributed by atoms with van der Waals surface area (Å²) < 4.78 is 10.2. The van der Waals surface area contributed by atoms with Gasteiger partial charge in [-0.15, -0.1) is 0 Å². The fourth-order valence-electron chi connectivity index (χ4n) is 1.93. The van der Waals surface area contributed by atoms with Gasteiger partial charge in [0.2, 0.25) is 0 Å². The number of rotatable bonds is 3. The third kappa shape index (κ3) is 3.40. The first-order valence-corrected chi connectivity index (χ1v) is 5.88. The highest BCUT2D eigenvalue weighted by Crippen LogP contribution is 2.30. The maximum Gasteiger partial charge on any atom is 0.307 e. The molecule has 1 fully saturated rings. The fourth-order valence-corrected chi connectivity index (χ4v) is 1.93. The molecule has 0 aromatic carbocycles. The predicted molar refractivity (Wildman–Crippen MR) is 65.0 cm³/mol. The van der Waals surface area contributed by atoms with E-state index in [1.54, 1.807) is 0 Å². The van der Waals surface area contributed by atoms with E-state index in [4.69, 9.17) is 9.47 Å². The van der Waals surface area contributed by atoms with Gasteiger partial charge >= 0.3 is 5.97 Å². The third-order valence-electron chi connectivity index (χ3n) is 3.00. The lowest BCUT2D eigenvalue weighted by atomic mass is 9.99. The van der Waals surface area contributed by atoms with Crippen LogP contribution in [0.2, 0.25) is 0 Å². The molecule has 100 valence electrons. The number of carbonyl (C=O) groups is 1. The molecular weight excluding hydrogens is 220 g/mol. The first kappa shape index (κ1) is 14.4. The molecular formula is C12H24N2O3. The quantitative estimate of drug-likeness (QED) is 0.705. The van der Waals surface area contributed by atoms with Gasteiger partial charge in [-0.25, -0.2) is 10.0 Å². The number of nitrogens with zero attached hydrogens (tertiary/aromatic N) is 2. The number of esters is 1. The Morgan fingerprint density at radius 1 is 1.18 bits per heavy atom. The van der Waals surface area contributed by atoms with Crippen LogP contribution in [0.5, 0.6) is 0 Å². The molecule has 0 saturated carbocycles. The van der Waals surface area contributed by atoms with E-state index < -0.39 is 0 Å². The maximum atomic E-state index is 11.4. The minimum atomic E-state index is -0.309. The van der Waals surface area contributed by atoms with Gasteiger partial charge in [0.15, 0.2) is 0 Å². The molecule has 1 aliphatic rings. The molecule has 0 spiro atoms. The van der Waals surface area contributed by atoms with Crippen molar-refractivity contribution in [2.75, 3.05) is 20.6 Å². The minimum Gasteiger partial charge on any atom is -0.469 e. The molecule has 0 aromatic heterocycles. The van der Waals surface area contributed by atoms with Gasteiger partial charge in [0.25, 0.3) is 0 Å². The molecule has 1 heterocycles. The molecule has 0 aromatic rings. The molecule has 1 rings (SSSR count). The topological polar surface area (TPSA) is 42.0 Å². The van der Waals surface area contributed by atoms with Crippen LogP contribution in [-0.4, -0.2) is 47.6 Å². The van der Waals surface area contributed by atoms with Crippen LogP contribution < -0.4 is 0 Å². The van der Waals surface area contributed by atoms with E-state index in [9.17, 15) is 4.79 Å². The van der Waals surface area contributed by atoms with Crippen molar-refractivity contribution in [3.05, 3.63) is 0 Å². The Hall–Kier alpha value is -0.650. The molecule has 0 atom stereocenters. The second-order valence-electron chi connectivity index (χ2n) is 6.00. The number of carbonyl (C=O) groups excluding carboxylic acids is 1. The highest BCUT2D eigenvalue weighted by molar-refractivity contribution is 5.70. The maximum absolute atomic E-state index is 11.4. The van der Waals surface area contributed by atoms with Gasteiger partial charge in [-0.05, 0) is 34.6 Å². The monoisotopic (exact) mass is 244 g/mol. The van der Waals surface area contributed by atoms with Gasteiger partial charge in [0.05, 0.1) is 13.5 Å². The molecule has 1 aliphatic heterocycles. The van der Waals surface area contributed by atoms with Crippen LogP contribution in [0.25, 0.3) is 0 Å².